The van der Waals surface area contributed by atoms with Crippen LogP contribution in [0.15, 0.2) is 4.99 Å². The van der Waals surface area contributed by atoms with E-state index in [0.717, 1.165) is 0 Å². The Morgan fingerprint density at radius 3 is 1.40 bits per heavy atom. The van der Waals surface area contributed by atoms with E-state index in [-0.39, 0.29) is 55.9 Å². The van der Waals surface area contributed by atoms with Gasteiger partial charge in [-0.1, -0.05) is 41.5 Å². The number of carbonyl (C=O) groups excluding carboxylic acids is 7. The van der Waals surface area contributed by atoms with Gasteiger partial charge < -0.3 is 53.9 Å². The summed E-state index contributed by atoms with van der Waals surface area (Å²) in [5.74, 6) is -3.55. The van der Waals surface area contributed by atoms with Crippen LogP contribution in [-0.2, 0) is 33.6 Å². The number of unbranched alkanes of at least 4 members (excludes halogenated alkanes) is 1. The minimum atomic E-state index is -1.06. The predicted molar refractivity (Wildman–Crippen MR) is 200 cm³/mol. The Labute approximate surface area is 308 Å². The van der Waals surface area contributed by atoms with Gasteiger partial charge in [0.05, 0.1) is 6.04 Å². The molecule has 0 heterocycles. The van der Waals surface area contributed by atoms with Crippen molar-refractivity contribution in [2.24, 2.45) is 39.9 Å². The molecule has 298 valence electrons. The van der Waals surface area contributed by atoms with Crippen molar-refractivity contribution in [2.75, 3.05) is 13.1 Å². The number of aldehydes is 1. The van der Waals surface area contributed by atoms with Crippen molar-refractivity contribution in [1.82, 2.24) is 31.9 Å². The first-order chi connectivity index (χ1) is 24.3. The molecule has 0 saturated carbocycles. The minimum Gasteiger partial charge on any atom is -0.370 e. The summed E-state index contributed by atoms with van der Waals surface area (Å²) < 4.78 is 0. The van der Waals surface area contributed by atoms with Gasteiger partial charge in [-0.25, -0.2) is 0 Å². The first kappa shape index (κ1) is 47.7. The Kier molecular flexibility index (Phi) is 23.5. The van der Waals surface area contributed by atoms with Crippen LogP contribution in [0.2, 0.25) is 0 Å². The van der Waals surface area contributed by atoms with Crippen molar-refractivity contribution in [3.8, 4) is 0 Å². The zero-order valence-electron chi connectivity index (χ0n) is 32.4. The maximum absolute atomic E-state index is 13.7. The van der Waals surface area contributed by atoms with Crippen molar-refractivity contribution >= 4 is 47.7 Å². The summed E-state index contributed by atoms with van der Waals surface area (Å²) in [5.41, 5.74) is 16.3. The number of nitrogens with two attached hydrogens (primary N) is 3. The van der Waals surface area contributed by atoms with Gasteiger partial charge in [-0.2, -0.15) is 0 Å². The minimum absolute atomic E-state index is 0.0260. The lowest BCUT2D eigenvalue weighted by molar-refractivity contribution is -0.135. The van der Waals surface area contributed by atoms with Gasteiger partial charge in [0, 0.05) is 13.5 Å². The largest absolute Gasteiger partial charge is 0.370 e. The Bertz CT molecular complexity index is 1190. The van der Waals surface area contributed by atoms with E-state index >= 15 is 0 Å². The van der Waals surface area contributed by atoms with Gasteiger partial charge >= 0.3 is 0 Å². The summed E-state index contributed by atoms with van der Waals surface area (Å²) in [7, 11) is 0. The highest BCUT2D eigenvalue weighted by Crippen LogP contribution is 2.12. The van der Waals surface area contributed by atoms with Crippen molar-refractivity contribution in [3.63, 3.8) is 0 Å². The normalized spacial score (nSPS) is 14.6. The molecule has 17 heteroatoms. The standard InChI is InChI=1S/C35H66N10O7/c1-20(2)16-27(32(50)40-23(7)30(48)42-25(19-46)12-9-10-14-36)44-34(52)29(18-22(5)6)45-33(51)28(17-21(3)4)43-31(49)26(41-24(8)47)13-11-15-39-35(37)38/h19-23,25-29H,9-18,36H2,1-8H3,(H,40,50)(H,41,47)(H,42,48)(H,43,49)(H,44,52)(H,45,51)(H4,37,38,39)/t23-,25-,26-,27-,28-,29-/m0/s1. The Hall–Kier alpha value is -4.28. The van der Waals surface area contributed by atoms with Crippen LogP contribution in [0.25, 0.3) is 0 Å². The molecule has 0 aromatic heterocycles. The number of amides is 6. The zero-order valence-corrected chi connectivity index (χ0v) is 32.4. The molecule has 6 atom stereocenters. The third kappa shape index (κ3) is 21.2. The van der Waals surface area contributed by atoms with E-state index in [1.54, 1.807) is 0 Å². The van der Waals surface area contributed by atoms with E-state index in [2.05, 4.69) is 36.9 Å². The number of guanidine groups is 1. The third-order valence-corrected chi connectivity index (χ3v) is 7.87. The molecule has 0 radical (unpaired) electrons. The molecule has 12 N–H and O–H groups in total. The summed E-state index contributed by atoms with van der Waals surface area (Å²) in [6.07, 6.45) is 3.72. The SMILES string of the molecule is CC(=O)N[C@@H](CCCN=C(N)N)C(=O)N[C@@H](CC(C)C)C(=O)N[C@@H](CC(C)C)C(=O)N[C@@H](CC(C)C)C(=O)N[C@@H](C)C(=O)N[C@H](C=O)CCCCN. The fourth-order valence-electron chi connectivity index (χ4n) is 5.31. The average Bonchev–Trinajstić information content (AvgIpc) is 3.03. The van der Waals surface area contributed by atoms with E-state index in [9.17, 15) is 33.6 Å². The van der Waals surface area contributed by atoms with E-state index in [1.807, 2.05) is 41.5 Å². The van der Waals surface area contributed by atoms with E-state index in [0.29, 0.717) is 38.5 Å². The van der Waals surface area contributed by atoms with E-state index in [4.69, 9.17) is 17.2 Å². The van der Waals surface area contributed by atoms with Crippen molar-refractivity contribution < 1.29 is 33.6 Å². The lowest BCUT2D eigenvalue weighted by Crippen LogP contribution is -2.59. The maximum atomic E-state index is 13.7. The van der Waals surface area contributed by atoms with Crippen LogP contribution < -0.4 is 49.1 Å². The fraction of sp³-hybridized carbons (Fsp3) is 0.771. The molecule has 0 unspecified atom stereocenters. The Morgan fingerprint density at radius 2 is 1.02 bits per heavy atom. The van der Waals surface area contributed by atoms with Crippen LogP contribution in [-0.4, -0.2) is 97.0 Å². The quantitative estimate of drug-likeness (QED) is 0.0236. The monoisotopic (exact) mass is 739 g/mol. The van der Waals surface area contributed by atoms with Crippen LogP contribution in [0.5, 0.6) is 0 Å². The average molecular weight is 739 g/mol. The Morgan fingerprint density at radius 1 is 0.577 bits per heavy atom. The summed E-state index contributed by atoms with van der Waals surface area (Å²) in [6, 6.07) is -5.82. The molecule has 0 spiro atoms. The van der Waals surface area contributed by atoms with Gasteiger partial charge in [0.15, 0.2) is 5.96 Å². The lowest BCUT2D eigenvalue weighted by atomic mass is 9.98. The van der Waals surface area contributed by atoms with Gasteiger partial charge in [-0.15, -0.1) is 0 Å². The van der Waals surface area contributed by atoms with Gasteiger partial charge in [-0.05, 0) is 82.6 Å². The lowest BCUT2D eigenvalue weighted by Gasteiger charge is -2.28. The second-order valence-corrected chi connectivity index (χ2v) is 14.5. The van der Waals surface area contributed by atoms with Crippen LogP contribution in [0.1, 0.15) is 107 Å². The number of nitrogens with zero attached hydrogens (tertiary/aromatic N) is 1. The number of nitrogens with one attached hydrogen (secondary N) is 6. The first-order valence-electron chi connectivity index (χ1n) is 18.3. The number of rotatable bonds is 26. The van der Waals surface area contributed by atoms with Crippen molar-refractivity contribution in [2.45, 2.75) is 143 Å². The molecule has 0 fully saturated rings. The first-order valence-corrected chi connectivity index (χ1v) is 18.3. The molecule has 0 saturated heterocycles. The van der Waals surface area contributed by atoms with Gasteiger partial charge in [0.25, 0.3) is 0 Å². The molecule has 0 aromatic rings. The van der Waals surface area contributed by atoms with Gasteiger partial charge in [0.1, 0.15) is 36.5 Å². The second-order valence-electron chi connectivity index (χ2n) is 14.5. The van der Waals surface area contributed by atoms with Crippen LogP contribution >= 0.6 is 0 Å². The molecule has 0 bridgehead atoms. The van der Waals surface area contributed by atoms with Gasteiger partial charge in [-0.3, -0.25) is 33.8 Å². The summed E-state index contributed by atoms with van der Waals surface area (Å²) >= 11 is 0. The predicted octanol–water partition coefficient (Wildman–Crippen LogP) is -0.545. The van der Waals surface area contributed by atoms with E-state index in [1.165, 1.54) is 13.8 Å². The van der Waals surface area contributed by atoms with Crippen molar-refractivity contribution in [3.05, 3.63) is 0 Å². The van der Waals surface area contributed by atoms with Crippen LogP contribution in [0.3, 0.4) is 0 Å². The highest BCUT2D eigenvalue weighted by molar-refractivity contribution is 5.96. The second kappa shape index (κ2) is 25.6. The van der Waals surface area contributed by atoms with Crippen molar-refractivity contribution in [1.29, 1.82) is 0 Å². The number of carbonyl (C=O) groups is 7. The smallest absolute Gasteiger partial charge is 0.243 e. The highest BCUT2D eigenvalue weighted by Gasteiger charge is 2.33. The van der Waals surface area contributed by atoms with Crippen LogP contribution in [0.4, 0.5) is 0 Å². The molecule has 6 amide bonds. The molecular weight excluding hydrogens is 672 g/mol. The number of hydrogen-bond donors (Lipinski definition) is 9. The van der Waals surface area contributed by atoms with Crippen LogP contribution in [0, 0.1) is 17.8 Å². The number of aliphatic imine (C=N–C) groups is 1. The summed E-state index contributed by atoms with van der Waals surface area (Å²) in [5, 5.41) is 16.1. The maximum Gasteiger partial charge on any atom is 0.243 e. The summed E-state index contributed by atoms with van der Waals surface area (Å²) in [4.78, 5) is 94.2. The van der Waals surface area contributed by atoms with E-state index < -0.39 is 71.7 Å². The molecule has 52 heavy (non-hydrogen) atoms. The molecule has 0 aliphatic rings. The molecular formula is C35H66N10O7. The fourth-order valence-corrected chi connectivity index (χ4v) is 5.31. The third-order valence-electron chi connectivity index (χ3n) is 7.87. The zero-order chi connectivity index (χ0) is 40.0. The highest BCUT2D eigenvalue weighted by atomic mass is 16.2. The molecule has 0 aliphatic carbocycles. The number of hydrogen-bond acceptors (Lipinski definition) is 9. The molecule has 0 rings (SSSR count). The topological polar surface area (TPSA) is 282 Å². The molecule has 17 nitrogen and oxygen atoms in total. The Balaban J connectivity index is 5.94. The molecule has 0 aliphatic heterocycles. The summed E-state index contributed by atoms with van der Waals surface area (Å²) in [6.45, 7) is 14.7. The molecule has 0 aromatic carbocycles. The van der Waals surface area contributed by atoms with Gasteiger partial charge in [0.2, 0.25) is 35.4 Å².